The molecular formula is C15H16N4O5S. The summed E-state index contributed by atoms with van der Waals surface area (Å²) in [5.74, 6) is 0.724. The molecule has 0 aliphatic rings. The molecule has 9 nitrogen and oxygen atoms in total. The summed E-state index contributed by atoms with van der Waals surface area (Å²) in [5, 5.41) is 20.0. The molecule has 2 aromatic carbocycles. The number of ether oxygens (including phenoxy) is 1. The average Bonchev–Trinajstić information content (AvgIpc) is 2.56. The number of sulfonamides is 1. The fourth-order valence-corrected chi connectivity index (χ4v) is 2.46. The van der Waals surface area contributed by atoms with Crippen LogP contribution in [-0.4, -0.2) is 26.2 Å². The number of hydrogen-bond donors (Lipinski definition) is 2. The lowest BCUT2D eigenvalue weighted by Crippen LogP contribution is -2.12. The molecule has 2 aromatic rings. The molecular weight excluding hydrogens is 348 g/mol. The quantitative estimate of drug-likeness (QED) is 0.438. The zero-order chi connectivity index (χ0) is 18.4. The Hall–Kier alpha value is -2.98. The first-order valence-electron chi connectivity index (χ1n) is 7.14. The van der Waals surface area contributed by atoms with Crippen molar-refractivity contribution in [1.29, 1.82) is 0 Å². The third kappa shape index (κ3) is 4.99. The standard InChI is InChI=1S/C15H16N4O5S/c1-2-24-12-5-3-11(4-6-12)10-17-18-14-8-7-13(25(16,22)23)9-15(14)19(20)21/h3-10,18H,2H2,1H3,(H2,16,22,23)/b17-10+. The van der Waals surface area contributed by atoms with Crippen molar-refractivity contribution in [2.45, 2.75) is 11.8 Å². The van der Waals surface area contributed by atoms with E-state index in [-0.39, 0.29) is 10.6 Å². The lowest BCUT2D eigenvalue weighted by molar-refractivity contribution is -0.384. The van der Waals surface area contributed by atoms with Crippen molar-refractivity contribution < 1.29 is 18.1 Å². The van der Waals surface area contributed by atoms with E-state index in [0.717, 1.165) is 23.4 Å². The molecule has 0 spiro atoms. The van der Waals surface area contributed by atoms with Gasteiger partial charge in [0.05, 0.1) is 22.6 Å². The van der Waals surface area contributed by atoms with Crippen molar-refractivity contribution in [2.24, 2.45) is 10.2 Å². The normalized spacial score (nSPS) is 11.4. The Morgan fingerprint density at radius 2 is 1.96 bits per heavy atom. The molecule has 0 heterocycles. The Balaban J connectivity index is 2.18. The topological polar surface area (TPSA) is 137 Å². The van der Waals surface area contributed by atoms with Crippen LogP contribution in [0.3, 0.4) is 0 Å². The number of hydrazone groups is 1. The van der Waals surface area contributed by atoms with E-state index in [1.807, 2.05) is 6.92 Å². The van der Waals surface area contributed by atoms with Crippen LogP contribution in [0.4, 0.5) is 11.4 Å². The van der Waals surface area contributed by atoms with Crippen molar-refractivity contribution in [3.63, 3.8) is 0 Å². The molecule has 0 unspecified atom stereocenters. The minimum absolute atomic E-state index is 0.0413. The van der Waals surface area contributed by atoms with Gasteiger partial charge in [-0.15, -0.1) is 0 Å². The SMILES string of the molecule is CCOc1ccc(/C=N/Nc2ccc(S(N)(=O)=O)cc2[N+](=O)[O-])cc1. The summed E-state index contributed by atoms with van der Waals surface area (Å²) in [6.45, 7) is 2.44. The summed E-state index contributed by atoms with van der Waals surface area (Å²) in [4.78, 5) is 10.0. The average molecular weight is 364 g/mol. The van der Waals surface area contributed by atoms with Gasteiger partial charge in [0.2, 0.25) is 10.0 Å². The van der Waals surface area contributed by atoms with Gasteiger partial charge in [-0.1, -0.05) is 0 Å². The molecule has 0 atom stereocenters. The highest BCUT2D eigenvalue weighted by molar-refractivity contribution is 7.89. The summed E-state index contributed by atoms with van der Waals surface area (Å²) in [5.41, 5.74) is 2.86. The van der Waals surface area contributed by atoms with E-state index < -0.39 is 20.6 Å². The molecule has 0 fully saturated rings. The molecule has 0 aliphatic carbocycles. The molecule has 0 radical (unpaired) electrons. The van der Waals surface area contributed by atoms with Crippen molar-refractivity contribution in [2.75, 3.05) is 12.0 Å². The van der Waals surface area contributed by atoms with E-state index in [1.165, 1.54) is 12.3 Å². The number of nitrogens with zero attached hydrogens (tertiary/aromatic N) is 2. The Morgan fingerprint density at radius 3 is 2.52 bits per heavy atom. The lowest BCUT2D eigenvalue weighted by Gasteiger charge is -2.04. The Bertz CT molecular complexity index is 895. The second-order valence-electron chi connectivity index (χ2n) is 4.85. The van der Waals surface area contributed by atoms with Crippen molar-refractivity contribution in [1.82, 2.24) is 0 Å². The number of rotatable bonds is 7. The lowest BCUT2D eigenvalue weighted by atomic mass is 10.2. The van der Waals surface area contributed by atoms with Crippen LogP contribution in [0.15, 0.2) is 52.5 Å². The van der Waals surface area contributed by atoms with Gasteiger partial charge in [0, 0.05) is 6.07 Å². The molecule has 0 amide bonds. The van der Waals surface area contributed by atoms with Crippen LogP contribution in [-0.2, 0) is 10.0 Å². The summed E-state index contributed by atoms with van der Waals surface area (Å²) >= 11 is 0. The van der Waals surface area contributed by atoms with Gasteiger partial charge >= 0.3 is 0 Å². The zero-order valence-corrected chi connectivity index (χ0v) is 14.1. The maximum absolute atomic E-state index is 11.3. The predicted octanol–water partition coefficient (Wildman–Crippen LogP) is 2.09. The number of benzene rings is 2. The van der Waals surface area contributed by atoms with E-state index in [4.69, 9.17) is 9.88 Å². The molecule has 10 heteroatoms. The van der Waals surface area contributed by atoms with Gasteiger partial charge in [0.15, 0.2) is 0 Å². The largest absolute Gasteiger partial charge is 0.494 e. The molecule has 3 N–H and O–H groups in total. The van der Waals surface area contributed by atoms with Crippen LogP contribution in [0.5, 0.6) is 5.75 Å². The van der Waals surface area contributed by atoms with Gasteiger partial charge < -0.3 is 4.74 Å². The Morgan fingerprint density at radius 1 is 1.28 bits per heavy atom. The number of nitro groups is 1. The molecule has 0 saturated carbocycles. The van der Waals surface area contributed by atoms with Crippen LogP contribution in [0, 0.1) is 10.1 Å². The minimum atomic E-state index is -4.03. The summed E-state index contributed by atoms with van der Waals surface area (Å²) in [7, 11) is -4.03. The first-order valence-corrected chi connectivity index (χ1v) is 8.69. The van der Waals surface area contributed by atoms with Crippen LogP contribution >= 0.6 is 0 Å². The molecule has 25 heavy (non-hydrogen) atoms. The Labute approximate surface area is 144 Å². The second-order valence-corrected chi connectivity index (χ2v) is 6.41. The third-order valence-corrected chi connectivity index (χ3v) is 4.00. The van der Waals surface area contributed by atoms with Gasteiger partial charge in [-0.3, -0.25) is 15.5 Å². The Kier molecular flexibility index (Phi) is 5.67. The molecule has 0 aromatic heterocycles. The van der Waals surface area contributed by atoms with Gasteiger partial charge in [-0.25, -0.2) is 13.6 Å². The van der Waals surface area contributed by atoms with Crippen LogP contribution in [0.25, 0.3) is 0 Å². The fraction of sp³-hybridized carbons (Fsp3) is 0.133. The first-order chi connectivity index (χ1) is 11.8. The number of nitro benzene ring substituents is 1. The van der Waals surface area contributed by atoms with E-state index in [0.29, 0.717) is 6.61 Å². The minimum Gasteiger partial charge on any atom is -0.494 e. The second kappa shape index (κ2) is 7.73. The predicted molar refractivity (Wildman–Crippen MR) is 93.3 cm³/mol. The van der Waals surface area contributed by atoms with Crippen molar-refractivity contribution in [3.05, 3.63) is 58.1 Å². The van der Waals surface area contributed by atoms with Gasteiger partial charge in [0.25, 0.3) is 5.69 Å². The molecule has 2 rings (SSSR count). The number of primary sulfonamides is 1. The van der Waals surface area contributed by atoms with Gasteiger partial charge in [-0.05, 0) is 48.9 Å². The number of anilines is 1. The van der Waals surface area contributed by atoms with E-state index in [9.17, 15) is 18.5 Å². The van der Waals surface area contributed by atoms with E-state index in [2.05, 4.69) is 10.5 Å². The molecule has 0 bridgehead atoms. The maximum atomic E-state index is 11.3. The highest BCUT2D eigenvalue weighted by Gasteiger charge is 2.18. The van der Waals surface area contributed by atoms with Crippen molar-refractivity contribution >= 4 is 27.6 Å². The highest BCUT2D eigenvalue weighted by Crippen LogP contribution is 2.27. The fourth-order valence-electron chi connectivity index (χ4n) is 1.93. The first kappa shape index (κ1) is 18.4. The monoisotopic (exact) mass is 364 g/mol. The molecule has 0 saturated heterocycles. The van der Waals surface area contributed by atoms with Crippen LogP contribution in [0.1, 0.15) is 12.5 Å². The van der Waals surface area contributed by atoms with Crippen LogP contribution in [0.2, 0.25) is 0 Å². The summed E-state index contributed by atoms with van der Waals surface area (Å²) < 4.78 is 27.9. The third-order valence-electron chi connectivity index (χ3n) is 3.08. The highest BCUT2D eigenvalue weighted by atomic mass is 32.2. The van der Waals surface area contributed by atoms with Crippen LogP contribution < -0.4 is 15.3 Å². The number of nitrogens with one attached hydrogen (secondary N) is 1. The number of hydrogen-bond acceptors (Lipinski definition) is 7. The molecule has 0 aliphatic heterocycles. The smallest absolute Gasteiger partial charge is 0.295 e. The van der Waals surface area contributed by atoms with E-state index in [1.54, 1.807) is 24.3 Å². The summed E-state index contributed by atoms with van der Waals surface area (Å²) in [6.07, 6.45) is 1.47. The summed E-state index contributed by atoms with van der Waals surface area (Å²) in [6, 6.07) is 10.4. The maximum Gasteiger partial charge on any atom is 0.295 e. The van der Waals surface area contributed by atoms with E-state index >= 15 is 0 Å². The van der Waals surface area contributed by atoms with Gasteiger partial charge in [-0.2, -0.15) is 5.10 Å². The molecule has 132 valence electrons. The van der Waals surface area contributed by atoms with Crippen molar-refractivity contribution in [3.8, 4) is 5.75 Å². The zero-order valence-electron chi connectivity index (χ0n) is 13.2. The van der Waals surface area contributed by atoms with Gasteiger partial charge in [0.1, 0.15) is 11.4 Å². The number of nitrogens with two attached hydrogens (primary N) is 1.